The number of likely N-dealkylation sites (tertiary alicyclic amines) is 1. The Balaban J connectivity index is 1.82. The Labute approximate surface area is 218 Å². The molecule has 5 heteroatoms. The van der Waals surface area contributed by atoms with Crippen LogP contribution >= 0.6 is 0 Å². The molecule has 1 aliphatic heterocycles. The van der Waals surface area contributed by atoms with Gasteiger partial charge < -0.3 is 20.3 Å². The van der Waals surface area contributed by atoms with Crippen LogP contribution in [0.25, 0.3) is 0 Å². The number of hydrogen-bond donors (Lipinski definition) is 2. The molecule has 0 bridgehead atoms. The summed E-state index contributed by atoms with van der Waals surface area (Å²) in [4.78, 5) is 4.47. The van der Waals surface area contributed by atoms with Crippen LogP contribution in [0, 0.1) is 23.2 Å². The molecule has 5 nitrogen and oxygen atoms in total. The number of nitrogens with zero attached hydrogens (tertiary/aromatic N) is 2. The first-order valence-electron chi connectivity index (χ1n) is 12.6. The Morgan fingerprint density at radius 1 is 1.33 bits per heavy atom. The van der Waals surface area contributed by atoms with E-state index in [0.717, 1.165) is 60.9 Å². The zero-order valence-corrected chi connectivity index (χ0v) is 22.7. The Morgan fingerprint density at radius 3 is 2.78 bits per heavy atom. The van der Waals surface area contributed by atoms with Crippen molar-refractivity contribution in [1.82, 2.24) is 20.4 Å². The van der Waals surface area contributed by atoms with Gasteiger partial charge in [-0.25, -0.2) is 0 Å². The number of ether oxygens (including phenoxy) is 1. The van der Waals surface area contributed by atoms with Crippen LogP contribution in [0.5, 0.6) is 0 Å². The summed E-state index contributed by atoms with van der Waals surface area (Å²) in [7, 11) is 7.65. The van der Waals surface area contributed by atoms with Gasteiger partial charge in [-0.15, -0.1) is 6.58 Å². The highest BCUT2D eigenvalue weighted by Gasteiger charge is 2.45. The molecule has 2 N–H and O–H groups in total. The number of allylic oxidation sites excluding steroid dienone is 6. The molecule has 192 valence electrons. The van der Waals surface area contributed by atoms with Crippen molar-refractivity contribution in [3.05, 3.63) is 96.8 Å². The second-order valence-corrected chi connectivity index (χ2v) is 10.2. The third kappa shape index (κ3) is 6.06. The number of rotatable bonds is 10. The molecule has 0 aromatic carbocycles. The maximum atomic E-state index is 5.51. The molecule has 0 amide bonds. The van der Waals surface area contributed by atoms with E-state index in [1.807, 2.05) is 27.2 Å². The summed E-state index contributed by atoms with van der Waals surface area (Å²) in [6, 6.07) is 0. The van der Waals surface area contributed by atoms with Crippen molar-refractivity contribution in [2.75, 3.05) is 47.9 Å². The van der Waals surface area contributed by atoms with Crippen molar-refractivity contribution in [3.8, 4) is 11.8 Å². The van der Waals surface area contributed by atoms with Gasteiger partial charge in [0.2, 0.25) is 0 Å². The predicted octanol–water partition coefficient (Wildman–Crippen LogP) is 4.51. The maximum absolute atomic E-state index is 5.51. The van der Waals surface area contributed by atoms with Crippen LogP contribution < -0.4 is 10.6 Å². The van der Waals surface area contributed by atoms with Crippen molar-refractivity contribution < 1.29 is 4.74 Å². The quantitative estimate of drug-likeness (QED) is 0.351. The summed E-state index contributed by atoms with van der Waals surface area (Å²) in [5, 5.41) is 6.76. The Bertz CT molecular complexity index is 1090. The molecule has 0 aromatic heterocycles. The first-order chi connectivity index (χ1) is 17.2. The Hall–Kier alpha value is -3.36. The fourth-order valence-corrected chi connectivity index (χ4v) is 5.11. The van der Waals surface area contributed by atoms with Gasteiger partial charge in [-0.3, -0.25) is 4.90 Å². The summed E-state index contributed by atoms with van der Waals surface area (Å²) < 4.78 is 5.51. The van der Waals surface area contributed by atoms with Crippen LogP contribution in [0.2, 0.25) is 0 Å². The zero-order chi connectivity index (χ0) is 26.3. The minimum absolute atomic E-state index is 0.0262. The average Bonchev–Trinajstić information content (AvgIpc) is 2.98. The van der Waals surface area contributed by atoms with Gasteiger partial charge in [-0.1, -0.05) is 62.3 Å². The van der Waals surface area contributed by atoms with E-state index in [1.54, 1.807) is 7.11 Å². The van der Waals surface area contributed by atoms with Crippen LogP contribution in [0.15, 0.2) is 96.8 Å². The van der Waals surface area contributed by atoms with Crippen molar-refractivity contribution in [3.63, 3.8) is 0 Å². The van der Waals surface area contributed by atoms with Crippen LogP contribution in [0.3, 0.4) is 0 Å². The number of methoxy groups -OCH3 is 1. The van der Waals surface area contributed by atoms with E-state index in [2.05, 4.69) is 101 Å². The van der Waals surface area contributed by atoms with E-state index in [0.29, 0.717) is 0 Å². The van der Waals surface area contributed by atoms with Crippen molar-refractivity contribution >= 4 is 0 Å². The fourth-order valence-electron chi connectivity index (χ4n) is 5.11. The topological polar surface area (TPSA) is 39.8 Å². The third-order valence-electron chi connectivity index (χ3n) is 7.23. The molecular weight excluding hydrogens is 444 g/mol. The monoisotopic (exact) mass is 486 g/mol. The Kier molecular flexibility index (Phi) is 8.76. The van der Waals surface area contributed by atoms with Crippen LogP contribution in [0.4, 0.5) is 0 Å². The lowest BCUT2D eigenvalue weighted by Gasteiger charge is -2.37. The van der Waals surface area contributed by atoms with E-state index in [4.69, 9.17) is 4.74 Å². The first-order valence-corrected chi connectivity index (χ1v) is 12.6. The molecule has 3 rings (SSSR count). The number of nitrogens with one attached hydrogen (secondary N) is 2. The highest BCUT2D eigenvalue weighted by atomic mass is 16.5. The molecule has 0 aromatic rings. The summed E-state index contributed by atoms with van der Waals surface area (Å²) in [6.45, 7) is 17.6. The summed E-state index contributed by atoms with van der Waals surface area (Å²) in [6.07, 6.45) is 18.8. The van der Waals surface area contributed by atoms with Gasteiger partial charge >= 0.3 is 0 Å². The smallest absolute Gasteiger partial charge is 0.115 e. The average molecular weight is 487 g/mol. The summed E-state index contributed by atoms with van der Waals surface area (Å²) in [5.74, 6) is 8.47. The molecule has 36 heavy (non-hydrogen) atoms. The van der Waals surface area contributed by atoms with Crippen molar-refractivity contribution in [2.24, 2.45) is 11.3 Å². The second kappa shape index (κ2) is 11.6. The number of hydrogen-bond acceptors (Lipinski definition) is 5. The predicted molar refractivity (Wildman–Crippen MR) is 152 cm³/mol. The van der Waals surface area contributed by atoms with Gasteiger partial charge in [0.15, 0.2) is 0 Å². The molecule has 3 aliphatic rings. The Morgan fingerprint density at radius 2 is 2.11 bits per heavy atom. The molecule has 0 spiro atoms. The summed E-state index contributed by atoms with van der Waals surface area (Å²) in [5.41, 5.74) is 2.82. The lowest BCUT2D eigenvalue weighted by molar-refractivity contribution is 0.268. The van der Waals surface area contributed by atoms with E-state index in [1.165, 1.54) is 0 Å². The SMILES string of the molecule is C=CC(CCN1CC2(C)C=C(OC)C=CC2C1=C)(NC(=C)NC)C1=CCC=C(C#CCN(C)C)C=C1. The van der Waals surface area contributed by atoms with Gasteiger partial charge in [0.05, 0.1) is 25.0 Å². The lowest BCUT2D eigenvalue weighted by Crippen LogP contribution is -2.48. The zero-order valence-electron chi connectivity index (χ0n) is 22.7. The third-order valence-corrected chi connectivity index (χ3v) is 7.23. The lowest BCUT2D eigenvalue weighted by atomic mass is 9.76. The van der Waals surface area contributed by atoms with Gasteiger partial charge in [-0.2, -0.15) is 0 Å². The van der Waals surface area contributed by atoms with E-state index in [9.17, 15) is 0 Å². The first kappa shape index (κ1) is 27.2. The molecule has 0 saturated carbocycles. The summed E-state index contributed by atoms with van der Waals surface area (Å²) >= 11 is 0. The fraction of sp³-hybridized carbons (Fsp3) is 0.419. The molecule has 1 saturated heterocycles. The van der Waals surface area contributed by atoms with E-state index >= 15 is 0 Å². The molecule has 2 aliphatic carbocycles. The molecule has 1 heterocycles. The number of fused-ring (bicyclic) bond motifs is 1. The van der Waals surface area contributed by atoms with Gasteiger partial charge in [0.1, 0.15) is 5.76 Å². The van der Waals surface area contributed by atoms with Crippen LogP contribution in [0.1, 0.15) is 19.8 Å². The minimum atomic E-state index is -0.491. The van der Waals surface area contributed by atoms with Crippen molar-refractivity contribution in [1.29, 1.82) is 0 Å². The van der Waals surface area contributed by atoms with Crippen LogP contribution in [-0.4, -0.2) is 63.2 Å². The molecule has 3 unspecified atom stereocenters. The van der Waals surface area contributed by atoms with Gasteiger partial charge in [0, 0.05) is 42.7 Å². The maximum Gasteiger partial charge on any atom is 0.115 e. The molecule has 3 atom stereocenters. The molecular formula is C31H42N4O. The largest absolute Gasteiger partial charge is 0.497 e. The minimum Gasteiger partial charge on any atom is -0.497 e. The van der Waals surface area contributed by atoms with Gasteiger partial charge in [-0.05, 0) is 50.7 Å². The van der Waals surface area contributed by atoms with Crippen LogP contribution in [-0.2, 0) is 4.74 Å². The standard InChI is InChI=1S/C31H42N4O/c1-9-31(33-25(3)32-5,27-14-10-12-26(15-16-27)13-11-20-34(6)7)19-21-35-23-30(4)22-28(36-8)17-18-29(30)24(35)2/h9,12,14-18,22,29,32-33H,1-3,10,19-21,23H2,4-8H3. The van der Waals surface area contributed by atoms with E-state index < -0.39 is 5.54 Å². The van der Waals surface area contributed by atoms with Crippen molar-refractivity contribution in [2.45, 2.75) is 25.3 Å². The highest BCUT2D eigenvalue weighted by Crippen LogP contribution is 2.47. The molecule has 0 radical (unpaired) electrons. The normalized spacial score (nSPS) is 24.4. The second-order valence-electron chi connectivity index (χ2n) is 10.2. The van der Waals surface area contributed by atoms with E-state index in [-0.39, 0.29) is 11.3 Å². The highest BCUT2D eigenvalue weighted by molar-refractivity contribution is 5.48. The van der Waals surface area contributed by atoms with Gasteiger partial charge in [0.25, 0.3) is 0 Å². The molecule has 1 fully saturated rings.